The van der Waals surface area contributed by atoms with Gasteiger partial charge >= 0.3 is 5.97 Å². The van der Waals surface area contributed by atoms with Crippen molar-refractivity contribution in [1.29, 1.82) is 0 Å². The average molecular weight is 370 g/mol. The molecule has 140 valence electrons. The number of aromatic nitrogens is 2. The number of carboxylic acids is 1. The van der Waals surface area contributed by atoms with Gasteiger partial charge in [0.2, 0.25) is 0 Å². The number of pyridine rings is 2. The highest BCUT2D eigenvalue weighted by molar-refractivity contribution is 6.03. The number of amides is 2. The topological polar surface area (TPSA) is 133 Å². The highest BCUT2D eigenvalue weighted by Crippen LogP contribution is 2.26. The molecule has 2 aromatic heterocycles. The lowest BCUT2D eigenvalue weighted by atomic mass is 10.1. The lowest BCUT2D eigenvalue weighted by Crippen LogP contribution is -2.28. The molecular formula is C18H18N4O5. The van der Waals surface area contributed by atoms with Crippen LogP contribution in [0.4, 0.5) is 0 Å². The molecule has 1 aliphatic rings. The zero-order valence-corrected chi connectivity index (χ0v) is 14.6. The molecule has 2 aromatic rings. The summed E-state index contributed by atoms with van der Waals surface area (Å²) in [5.41, 5.74) is 2.28. The van der Waals surface area contributed by atoms with Crippen LogP contribution in [-0.2, 0) is 13.1 Å². The van der Waals surface area contributed by atoms with E-state index in [2.05, 4.69) is 15.3 Å². The second kappa shape index (κ2) is 7.50. The fraction of sp³-hybridized carbons (Fsp3) is 0.278. The number of carbonyl (C=O) groups is 3. The Balaban J connectivity index is 1.82. The number of aliphatic hydroxyl groups excluding tert-OH is 1. The molecule has 3 N–H and O–H groups in total. The highest BCUT2D eigenvalue weighted by atomic mass is 16.4. The molecule has 0 spiro atoms. The average Bonchev–Trinajstić information content (AvgIpc) is 2.95. The van der Waals surface area contributed by atoms with Gasteiger partial charge in [0.1, 0.15) is 5.69 Å². The van der Waals surface area contributed by atoms with Crippen molar-refractivity contribution in [3.63, 3.8) is 0 Å². The van der Waals surface area contributed by atoms with Gasteiger partial charge in [0.25, 0.3) is 11.8 Å². The minimum absolute atomic E-state index is 0.0261. The Morgan fingerprint density at radius 1 is 1.30 bits per heavy atom. The van der Waals surface area contributed by atoms with Crippen LogP contribution in [0.15, 0.2) is 24.5 Å². The summed E-state index contributed by atoms with van der Waals surface area (Å²) in [7, 11) is 0. The van der Waals surface area contributed by atoms with Gasteiger partial charge in [-0.2, -0.15) is 0 Å². The van der Waals surface area contributed by atoms with E-state index < -0.39 is 11.9 Å². The number of hydrogen-bond donors (Lipinski definition) is 3. The van der Waals surface area contributed by atoms with Crippen LogP contribution in [0.2, 0.25) is 0 Å². The quantitative estimate of drug-likeness (QED) is 0.669. The first-order valence-corrected chi connectivity index (χ1v) is 8.27. The van der Waals surface area contributed by atoms with Crippen LogP contribution >= 0.6 is 0 Å². The van der Waals surface area contributed by atoms with Gasteiger partial charge in [0.15, 0.2) is 5.69 Å². The summed E-state index contributed by atoms with van der Waals surface area (Å²) in [6.07, 6.45) is 2.83. The monoisotopic (exact) mass is 370 g/mol. The third kappa shape index (κ3) is 3.63. The third-order valence-corrected chi connectivity index (χ3v) is 4.25. The fourth-order valence-corrected chi connectivity index (χ4v) is 3.03. The van der Waals surface area contributed by atoms with E-state index in [9.17, 15) is 14.4 Å². The summed E-state index contributed by atoms with van der Waals surface area (Å²) in [6.45, 7) is 2.00. The molecule has 0 bridgehead atoms. The summed E-state index contributed by atoms with van der Waals surface area (Å²) in [5.74, 6) is -1.78. The van der Waals surface area contributed by atoms with Crippen molar-refractivity contribution in [2.75, 3.05) is 13.2 Å². The molecule has 0 aromatic carbocycles. The largest absolute Gasteiger partial charge is 0.477 e. The van der Waals surface area contributed by atoms with Crippen LogP contribution in [0.1, 0.15) is 48.0 Å². The molecular weight excluding hydrogens is 352 g/mol. The SMILES string of the molecule is Cc1cc(CN2Cc3c(ccnc3C(=O)NCCO)C2=O)cnc1C(=O)O. The summed E-state index contributed by atoms with van der Waals surface area (Å²) >= 11 is 0. The van der Waals surface area contributed by atoms with E-state index in [1.54, 1.807) is 24.0 Å². The summed E-state index contributed by atoms with van der Waals surface area (Å²) < 4.78 is 0. The van der Waals surface area contributed by atoms with E-state index in [0.29, 0.717) is 22.3 Å². The molecule has 3 rings (SSSR count). The third-order valence-electron chi connectivity index (χ3n) is 4.25. The van der Waals surface area contributed by atoms with Gasteiger partial charge in [-0.1, -0.05) is 6.07 Å². The number of carbonyl (C=O) groups excluding carboxylic acids is 2. The van der Waals surface area contributed by atoms with Crippen molar-refractivity contribution in [1.82, 2.24) is 20.2 Å². The maximum Gasteiger partial charge on any atom is 0.354 e. The van der Waals surface area contributed by atoms with Gasteiger partial charge in [0, 0.05) is 43.2 Å². The van der Waals surface area contributed by atoms with E-state index in [4.69, 9.17) is 10.2 Å². The molecule has 0 saturated heterocycles. The first kappa shape index (κ1) is 18.5. The first-order valence-electron chi connectivity index (χ1n) is 8.27. The smallest absolute Gasteiger partial charge is 0.354 e. The molecule has 0 radical (unpaired) electrons. The predicted molar refractivity (Wildman–Crippen MR) is 93.2 cm³/mol. The molecule has 9 heteroatoms. The Labute approximate surface area is 154 Å². The van der Waals surface area contributed by atoms with Gasteiger partial charge in [-0.05, 0) is 24.1 Å². The van der Waals surface area contributed by atoms with Crippen LogP contribution < -0.4 is 5.32 Å². The van der Waals surface area contributed by atoms with Crippen LogP contribution in [0.3, 0.4) is 0 Å². The number of hydrogen-bond acceptors (Lipinski definition) is 6. The van der Waals surface area contributed by atoms with Crippen LogP contribution in [0.25, 0.3) is 0 Å². The lowest BCUT2D eigenvalue weighted by Gasteiger charge is -2.16. The standard InChI is InChI=1S/C18H18N4O5/c1-10-6-11(7-21-14(10)18(26)27)8-22-9-13-12(17(22)25)2-3-19-15(13)16(24)20-4-5-23/h2-3,6-7,23H,4-5,8-9H2,1H3,(H,20,24)(H,26,27). The Hall–Kier alpha value is -3.33. The normalized spacial score (nSPS) is 12.8. The van der Waals surface area contributed by atoms with Gasteiger partial charge in [0.05, 0.1) is 6.61 Å². The Morgan fingerprint density at radius 3 is 2.74 bits per heavy atom. The van der Waals surface area contributed by atoms with Crippen molar-refractivity contribution >= 4 is 17.8 Å². The molecule has 9 nitrogen and oxygen atoms in total. The molecule has 0 saturated carbocycles. The first-order chi connectivity index (χ1) is 12.9. The second-order valence-electron chi connectivity index (χ2n) is 6.14. The van der Waals surface area contributed by atoms with Crippen molar-refractivity contribution in [2.45, 2.75) is 20.0 Å². The number of nitrogens with one attached hydrogen (secondary N) is 1. The highest BCUT2D eigenvalue weighted by Gasteiger charge is 2.31. The van der Waals surface area contributed by atoms with Gasteiger partial charge in [-0.25, -0.2) is 9.78 Å². The number of aliphatic hydroxyl groups is 1. The van der Waals surface area contributed by atoms with E-state index in [1.165, 1.54) is 12.4 Å². The molecule has 0 atom stereocenters. The van der Waals surface area contributed by atoms with Gasteiger partial charge in [-0.3, -0.25) is 14.6 Å². The minimum atomic E-state index is -1.10. The summed E-state index contributed by atoms with van der Waals surface area (Å²) in [4.78, 5) is 45.5. The number of aryl methyl sites for hydroxylation is 1. The zero-order chi connectivity index (χ0) is 19.6. The number of nitrogens with zero attached hydrogens (tertiary/aromatic N) is 3. The molecule has 27 heavy (non-hydrogen) atoms. The summed E-state index contributed by atoms with van der Waals surface area (Å²) in [6, 6.07) is 3.25. The van der Waals surface area contributed by atoms with Crippen molar-refractivity contribution < 1.29 is 24.6 Å². The Kier molecular flexibility index (Phi) is 5.13. The van der Waals surface area contributed by atoms with E-state index in [0.717, 1.165) is 0 Å². The lowest BCUT2D eigenvalue weighted by molar-refractivity contribution is 0.0687. The zero-order valence-electron chi connectivity index (χ0n) is 14.6. The molecule has 0 aliphatic carbocycles. The molecule has 1 aliphatic heterocycles. The van der Waals surface area contributed by atoms with Crippen molar-refractivity contribution in [2.24, 2.45) is 0 Å². The van der Waals surface area contributed by atoms with E-state index >= 15 is 0 Å². The minimum Gasteiger partial charge on any atom is -0.477 e. The maximum absolute atomic E-state index is 12.7. The van der Waals surface area contributed by atoms with Crippen LogP contribution in [-0.4, -0.2) is 56.0 Å². The van der Waals surface area contributed by atoms with Crippen molar-refractivity contribution in [3.05, 3.63) is 58.2 Å². The van der Waals surface area contributed by atoms with E-state index in [1.807, 2.05) is 0 Å². The number of fused-ring (bicyclic) bond motifs is 1. The maximum atomic E-state index is 12.7. The molecule has 3 heterocycles. The summed E-state index contributed by atoms with van der Waals surface area (Å²) in [5, 5.41) is 20.4. The number of carboxylic acid groups (broad SMARTS) is 1. The van der Waals surface area contributed by atoms with Crippen LogP contribution in [0, 0.1) is 6.92 Å². The number of rotatable bonds is 6. The van der Waals surface area contributed by atoms with Crippen molar-refractivity contribution in [3.8, 4) is 0 Å². The van der Waals surface area contributed by atoms with Gasteiger partial charge < -0.3 is 20.4 Å². The van der Waals surface area contributed by atoms with Crippen LogP contribution in [0.5, 0.6) is 0 Å². The predicted octanol–water partition coefficient (Wildman–Crippen LogP) is 0.361. The fourth-order valence-electron chi connectivity index (χ4n) is 3.03. The molecule has 2 amide bonds. The van der Waals surface area contributed by atoms with E-state index in [-0.39, 0.29) is 43.5 Å². The second-order valence-corrected chi connectivity index (χ2v) is 6.14. The number of aromatic carboxylic acids is 1. The Bertz CT molecular complexity index is 928. The van der Waals surface area contributed by atoms with Gasteiger partial charge in [-0.15, -0.1) is 0 Å². The molecule has 0 unspecified atom stereocenters. The Morgan fingerprint density at radius 2 is 2.07 bits per heavy atom. The molecule has 0 fully saturated rings.